The molecule has 1 N–H and O–H groups in total. The number of aliphatic hydroxyl groups is 1. The summed E-state index contributed by atoms with van der Waals surface area (Å²) in [7, 11) is 1.31. The van der Waals surface area contributed by atoms with Crippen LogP contribution in [-0.4, -0.2) is 24.8 Å². The van der Waals surface area contributed by atoms with Crippen LogP contribution >= 0.6 is 15.9 Å². The Balaban J connectivity index is 2.89. The fraction of sp³-hybridized carbons (Fsp3) is 0.300. The molecule has 1 atom stereocenters. The molecule has 0 aliphatic heterocycles. The van der Waals surface area contributed by atoms with Crippen LogP contribution in [-0.2, 0) is 9.53 Å². The quantitative estimate of drug-likeness (QED) is 0.840. The molecule has 4 heteroatoms. The molecule has 0 heterocycles. The van der Waals surface area contributed by atoms with Crippen LogP contribution in [0.4, 0.5) is 0 Å². The zero-order valence-corrected chi connectivity index (χ0v) is 9.32. The van der Waals surface area contributed by atoms with E-state index in [0.717, 1.165) is 10.0 Å². The summed E-state index contributed by atoms with van der Waals surface area (Å²) >= 11 is 3.29. The van der Waals surface area contributed by atoms with Gasteiger partial charge in [0, 0.05) is 4.47 Å². The molecule has 0 spiro atoms. The third-order valence-electron chi connectivity index (χ3n) is 1.94. The van der Waals surface area contributed by atoms with Gasteiger partial charge in [0.15, 0.2) is 0 Å². The van der Waals surface area contributed by atoms with E-state index >= 15 is 0 Å². The lowest BCUT2D eigenvalue weighted by molar-refractivity contribution is -0.143. The average molecular weight is 259 g/mol. The Morgan fingerprint density at radius 3 is 2.50 bits per heavy atom. The fourth-order valence-corrected chi connectivity index (χ4v) is 1.42. The fourth-order valence-electron chi connectivity index (χ4n) is 1.15. The van der Waals surface area contributed by atoms with E-state index in [-0.39, 0.29) is 6.61 Å². The molecule has 3 nitrogen and oxygen atoms in total. The highest BCUT2D eigenvalue weighted by molar-refractivity contribution is 9.10. The number of hydrogen-bond acceptors (Lipinski definition) is 3. The standard InChI is InChI=1S/C10H11BrO3/c1-14-10(13)9(6-12)7-2-4-8(11)5-3-7/h2-5,9,12H,6H2,1H3. The minimum atomic E-state index is -0.590. The van der Waals surface area contributed by atoms with Gasteiger partial charge >= 0.3 is 5.97 Å². The van der Waals surface area contributed by atoms with Crippen LogP contribution in [0.15, 0.2) is 28.7 Å². The summed E-state index contributed by atoms with van der Waals surface area (Å²) in [5, 5.41) is 9.04. The van der Waals surface area contributed by atoms with Gasteiger partial charge in [-0.2, -0.15) is 0 Å². The number of rotatable bonds is 3. The Morgan fingerprint density at radius 1 is 1.50 bits per heavy atom. The van der Waals surface area contributed by atoms with Crippen molar-refractivity contribution in [3.8, 4) is 0 Å². The van der Waals surface area contributed by atoms with Crippen molar-refractivity contribution in [2.45, 2.75) is 5.92 Å². The predicted octanol–water partition coefficient (Wildman–Crippen LogP) is 1.70. The van der Waals surface area contributed by atoms with E-state index in [4.69, 9.17) is 5.11 Å². The summed E-state index contributed by atoms with van der Waals surface area (Å²) in [5.41, 5.74) is 0.752. The second-order valence-corrected chi connectivity index (χ2v) is 3.73. The molecule has 0 saturated heterocycles. The first-order chi connectivity index (χ1) is 6.69. The number of halogens is 1. The molecule has 1 rings (SSSR count). The van der Waals surface area contributed by atoms with Gasteiger partial charge in [0.05, 0.1) is 13.7 Å². The predicted molar refractivity (Wildman–Crippen MR) is 56.0 cm³/mol. The molecular weight excluding hydrogens is 248 g/mol. The van der Waals surface area contributed by atoms with E-state index < -0.39 is 11.9 Å². The van der Waals surface area contributed by atoms with E-state index in [9.17, 15) is 4.79 Å². The highest BCUT2D eigenvalue weighted by atomic mass is 79.9. The van der Waals surface area contributed by atoms with Crippen molar-refractivity contribution in [3.63, 3.8) is 0 Å². The van der Waals surface area contributed by atoms with Crippen LogP contribution in [0.2, 0.25) is 0 Å². The first-order valence-electron chi connectivity index (χ1n) is 4.13. The van der Waals surface area contributed by atoms with Crippen LogP contribution in [0.25, 0.3) is 0 Å². The van der Waals surface area contributed by atoms with Crippen molar-refractivity contribution in [1.82, 2.24) is 0 Å². The van der Waals surface area contributed by atoms with E-state index in [2.05, 4.69) is 20.7 Å². The summed E-state index contributed by atoms with van der Waals surface area (Å²) < 4.78 is 5.51. The van der Waals surface area contributed by atoms with Gasteiger partial charge in [-0.15, -0.1) is 0 Å². The summed E-state index contributed by atoms with van der Waals surface area (Å²) in [5.74, 6) is -1.01. The van der Waals surface area contributed by atoms with Gasteiger partial charge in [-0.3, -0.25) is 4.79 Å². The van der Waals surface area contributed by atoms with Gasteiger partial charge in [0.25, 0.3) is 0 Å². The molecule has 0 radical (unpaired) electrons. The van der Waals surface area contributed by atoms with Gasteiger partial charge in [-0.1, -0.05) is 28.1 Å². The van der Waals surface area contributed by atoms with Gasteiger partial charge in [-0.25, -0.2) is 0 Å². The number of ether oxygens (including phenoxy) is 1. The van der Waals surface area contributed by atoms with Crippen molar-refractivity contribution in [1.29, 1.82) is 0 Å². The Kier molecular flexibility index (Phi) is 4.10. The van der Waals surface area contributed by atoms with Gasteiger partial charge in [0.1, 0.15) is 5.92 Å². The second-order valence-electron chi connectivity index (χ2n) is 2.81. The van der Waals surface area contributed by atoms with E-state index in [0.29, 0.717) is 0 Å². The van der Waals surface area contributed by atoms with E-state index in [1.165, 1.54) is 7.11 Å². The van der Waals surface area contributed by atoms with E-state index in [1.807, 2.05) is 12.1 Å². The highest BCUT2D eigenvalue weighted by Crippen LogP contribution is 2.19. The molecule has 0 fully saturated rings. The summed E-state index contributed by atoms with van der Waals surface area (Å²) in [6.45, 7) is -0.242. The van der Waals surface area contributed by atoms with Crippen molar-refractivity contribution in [3.05, 3.63) is 34.3 Å². The molecule has 0 saturated carbocycles. The number of esters is 1. The molecule has 0 aromatic heterocycles. The van der Waals surface area contributed by atoms with Gasteiger partial charge in [0.2, 0.25) is 0 Å². The largest absolute Gasteiger partial charge is 0.468 e. The Labute approximate surface area is 90.8 Å². The molecule has 1 unspecified atom stereocenters. The number of hydrogen-bond donors (Lipinski definition) is 1. The van der Waals surface area contributed by atoms with Gasteiger partial charge in [-0.05, 0) is 17.7 Å². The normalized spacial score (nSPS) is 12.2. The maximum absolute atomic E-state index is 11.2. The molecule has 0 bridgehead atoms. The monoisotopic (exact) mass is 258 g/mol. The van der Waals surface area contributed by atoms with Crippen molar-refractivity contribution in [2.75, 3.05) is 13.7 Å². The lowest BCUT2D eigenvalue weighted by Crippen LogP contribution is -2.17. The molecule has 1 aromatic carbocycles. The van der Waals surface area contributed by atoms with Crippen LogP contribution in [0.5, 0.6) is 0 Å². The van der Waals surface area contributed by atoms with Crippen molar-refractivity contribution >= 4 is 21.9 Å². The SMILES string of the molecule is COC(=O)C(CO)c1ccc(Br)cc1. The number of carbonyl (C=O) groups excluding carboxylic acids is 1. The summed E-state index contributed by atoms with van der Waals surface area (Å²) in [4.78, 5) is 11.2. The molecule has 1 aromatic rings. The van der Waals surface area contributed by atoms with Crippen LogP contribution < -0.4 is 0 Å². The third-order valence-corrected chi connectivity index (χ3v) is 2.47. The Hall–Kier alpha value is -0.870. The lowest BCUT2D eigenvalue weighted by atomic mass is 10.0. The first kappa shape index (κ1) is 11.2. The molecule has 0 amide bonds. The van der Waals surface area contributed by atoms with Crippen molar-refractivity contribution in [2.24, 2.45) is 0 Å². The van der Waals surface area contributed by atoms with Crippen LogP contribution in [0.1, 0.15) is 11.5 Å². The highest BCUT2D eigenvalue weighted by Gasteiger charge is 2.19. The topological polar surface area (TPSA) is 46.5 Å². The first-order valence-corrected chi connectivity index (χ1v) is 4.92. The smallest absolute Gasteiger partial charge is 0.315 e. The minimum Gasteiger partial charge on any atom is -0.468 e. The molecule has 0 aliphatic rings. The summed E-state index contributed by atoms with van der Waals surface area (Å²) in [6, 6.07) is 7.20. The zero-order chi connectivity index (χ0) is 10.6. The number of carbonyl (C=O) groups is 1. The van der Waals surface area contributed by atoms with Crippen molar-refractivity contribution < 1.29 is 14.6 Å². The maximum atomic E-state index is 11.2. The molecule has 0 aliphatic carbocycles. The number of methoxy groups -OCH3 is 1. The van der Waals surface area contributed by atoms with Crippen LogP contribution in [0.3, 0.4) is 0 Å². The lowest BCUT2D eigenvalue weighted by Gasteiger charge is -2.11. The molecular formula is C10H11BrO3. The molecule has 76 valence electrons. The number of aliphatic hydroxyl groups excluding tert-OH is 1. The third kappa shape index (κ3) is 2.56. The summed E-state index contributed by atoms with van der Waals surface area (Å²) in [6.07, 6.45) is 0. The van der Waals surface area contributed by atoms with Gasteiger partial charge < -0.3 is 9.84 Å². The number of benzene rings is 1. The average Bonchev–Trinajstić information content (AvgIpc) is 2.21. The Morgan fingerprint density at radius 2 is 2.07 bits per heavy atom. The second kappa shape index (κ2) is 5.12. The zero-order valence-electron chi connectivity index (χ0n) is 7.74. The van der Waals surface area contributed by atoms with E-state index in [1.54, 1.807) is 12.1 Å². The maximum Gasteiger partial charge on any atom is 0.315 e. The Bertz CT molecular complexity index is 308. The minimum absolute atomic E-state index is 0.242. The van der Waals surface area contributed by atoms with Crippen LogP contribution in [0, 0.1) is 0 Å². The molecule has 14 heavy (non-hydrogen) atoms.